The third kappa shape index (κ3) is 5.82. The van der Waals surface area contributed by atoms with Crippen LogP contribution in [0.5, 0.6) is 0 Å². The number of piperazine rings is 1. The van der Waals surface area contributed by atoms with Crippen LogP contribution >= 0.6 is 11.8 Å². The number of amides is 1. The second-order valence-electron chi connectivity index (χ2n) is 9.40. The van der Waals surface area contributed by atoms with Crippen molar-refractivity contribution in [1.29, 1.82) is 0 Å². The standard InChI is InChI=1S/C27H29N7O3S2/c35-26(21-7-4-15-37-21)33-9-11-34(12-10-33)27-30-23-22(24(31-27)32-13-17-39(36)18-14-32)28-19-29-25(23)38-16-8-20-5-2-1-3-6-20/h1-7,15,19H,8-14,16-18H2. The molecule has 0 bridgehead atoms. The van der Waals surface area contributed by atoms with E-state index in [9.17, 15) is 9.35 Å². The van der Waals surface area contributed by atoms with Gasteiger partial charge in [0, 0.05) is 31.9 Å². The number of carbonyl (C=O) groups is 1. The molecule has 2 aliphatic rings. The lowest BCUT2D eigenvalue weighted by Crippen LogP contribution is -2.49. The summed E-state index contributed by atoms with van der Waals surface area (Å²) >= 11 is 0.864. The van der Waals surface area contributed by atoms with E-state index in [0.717, 1.165) is 34.1 Å². The molecule has 0 atom stereocenters. The van der Waals surface area contributed by atoms with Gasteiger partial charge in [0.15, 0.2) is 11.6 Å². The summed E-state index contributed by atoms with van der Waals surface area (Å²) in [5.74, 6) is 3.69. The fraction of sp³-hybridized carbons (Fsp3) is 0.370. The quantitative estimate of drug-likeness (QED) is 0.189. The number of fused-ring (bicyclic) bond motifs is 1. The van der Waals surface area contributed by atoms with Gasteiger partial charge in [-0.3, -0.25) is 4.79 Å². The summed E-state index contributed by atoms with van der Waals surface area (Å²) in [6, 6.07) is 13.8. The van der Waals surface area contributed by atoms with E-state index in [2.05, 4.69) is 44.0 Å². The molecule has 4 aromatic rings. The SMILES string of the molecule is O=C(c1ccco1)N1CCN(c2nc(N3CC[S+]([O-])CC3)c3ncnc(SCCc4ccccc4)c3n2)CC1. The van der Waals surface area contributed by atoms with E-state index in [1.807, 2.05) is 6.07 Å². The normalized spacial score (nSPS) is 16.7. The summed E-state index contributed by atoms with van der Waals surface area (Å²) in [6.45, 7) is 3.61. The number of benzene rings is 1. The topological polar surface area (TPSA) is 115 Å². The minimum absolute atomic E-state index is 0.105. The summed E-state index contributed by atoms with van der Waals surface area (Å²) in [6.07, 6.45) is 4.02. The molecular weight excluding hydrogens is 534 g/mol. The minimum Gasteiger partial charge on any atom is -0.616 e. The molecule has 202 valence electrons. The number of thioether (sulfide) groups is 1. The highest BCUT2D eigenvalue weighted by Gasteiger charge is 2.28. The average Bonchev–Trinajstić information content (AvgIpc) is 3.53. The molecule has 0 aliphatic carbocycles. The average molecular weight is 564 g/mol. The fourth-order valence-electron chi connectivity index (χ4n) is 4.79. The molecule has 2 aliphatic heterocycles. The molecule has 39 heavy (non-hydrogen) atoms. The molecule has 2 saturated heterocycles. The molecule has 0 radical (unpaired) electrons. The van der Waals surface area contributed by atoms with Crippen LogP contribution in [0.2, 0.25) is 0 Å². The Morgan fingerprint density at radius 1 is 0.923 bits per heavy atom. The summed E-state index contributed by atoms with van der Waals surface area (Å²) in [4.78, 5) is 38.0. The van der Waals surface area contributed by atoms with Crippen molar-refractivity contribution in [2.75, 3.05) is 66.3 Å². The predicted molar refractivity (Wildman–Crippen MR) is 153 cm³/mol. The summed E-state index contributed by atoms with van der Waals surface area (Å²) in [7, 11) is 0. The highest BCUT2D eigenvalue weighted by atomic mass is 32.2. The van der Waals surface area contributed by atoms with Crippen LogP contribution < -0.4 is 9.80 Å². The first-order valence-corrected chi connectivity index (χ1v) is 15.5. The molecule has 6 rings (SSSR count). The molecular formula is C27H29N7O3S2. The van der Waals surface area contributed by atoms with Gasteiger partial charge in [-0.1, -0.05) is 41.5 Å². The molecule has 1 aromatic carbocycles. The van der Waals surface area contributed by atoms with Crippen molar-refractivity contribution in [2.45, 2.75) is 11.4 Å². The van der Waals surface area contributed by atoms with E-state index in [4.69, 9.17) is 14.4 Å². The fourth-order valence-corrected chi connectivity index (χ4v) is 6.78. The van der Waals surface area contributed by atoms with Crippen molar-refractivity contribution in [2.24, 2.45) is 0 Å². The van der Waals surface area contributed by atoms with Gasteiger partial charge in [0.1, 0.15) is 33.9 Å². The molecule has 5 heterocycles. The number of carbonyl (C=O) groups excluding carboxylic acids is 1. The zero-order valence-electron chi connectivity index (χ0n) is 21.4. The van der Waals surface area contributed by atoms with E-state index in [0.29, 0.717) is 62.5 Å². The van der Waals surface area contributed by atoms with Crippen molar-refractivity contribution in [3.63, 3.8) is 0 Å². The maximum Gasteiger partial charge on any atom is 0.289 e. The van der Waals surface area contributed by atoms with Crippen LogP contribution in [0.15, 0.2) is 64.5 Å². The highest BCUT2D eigenvalue weighted by Crippen LogP contribution is 2.32. The van der Waals surface area contributed by atoms with Gasteiger partial charge in [-0.2, -0.15) is 4.98 Å². The van der Waals surface area contributed by atoms with Crippen LogP contribution in [0.4, 0.5) is 11.8 Å². The Morgan fingerprint density at radius 2 is 1.72 bits per heavy atom. The Bertz CT molecular complexity index is 1410. The van der Waals surface area contributed by atoms with Crippen LogP contribution in [0.25, 0.3) is 11.0 Å². The van der Waals surface area contributed by atoms with Crippen molar-refractivity contribution < 1.29 is 13.8 Å². The first kappa shape index (κ1) is 25.9. The van der Waals surface area contributed by atoms with Crippen LogP contribution in [0.1, 0.15) is 16.1 Å². The lowest BCUT2D eigenvalue weighted by molar-refractivity contribution is 0.0714. The first-order chi connectivity index (χ1) is 19.2. The third-order valence-corrected chi connectivity index (χ3v) is 9.21. The summed E-state index contributed by atoms with van der Waals surface area (Å²) in [5, 5.41) is 0.827. The van der Waals surface area contributed by atoms with Gasteiger partial charge in [-0.15, -0.1) is 11.8 Å². The monoisotopic (exact) mass is 563 g/mol. The van der Waals surface area contributed by atoms with Crippen LogP contribution in [0.3, 0.4) is 0 Å². The highest BCUT2D eigenvalue weighted by molar-refractivity contribution is 7.99. The van der Waals surface area contributed by atoms with Crippen LogP contribution in [0, 0.1) is 0 Å². The second-order valence-corrected chi connectivity index (χ2v) is 12.2. The minimum atomic E-state index is -0.804. The first-order valence-electron chi connectivity index (χ1n) is 13.0. The van der Waals surface area contributed by atoms with Gasteiger partial charge in [-0.25, -0.2) is 15.0 Å². The largest absolute Gasteiger partial charge is 0.616 e. The number of rotatable bonds is 7. The molecule has 2 fully saturated rings. The van der Waals surface area contributed by atoms with Crippen molar-refractivity contribution in [1.82, 2.24) is 24.8 Å². The number of anilines is 2. The van der Waals surface area contributed by atoms with Crippen molar-refractivity contribution in [3.8, 4) is 0 Å². The second kappa shape index (κ2) is 11.8. The van der Waals surface area contributed by atoms with Crippen LogP contribution in [-0.4, -0.2) is 91.8 Å². The Hall–Kier alpha value is -3.35. The molecule has 0 spiro atoms. The van der Waals surface area contributed by atoms with Gasteiger partial charge in [0.25, 0.3) is 5.91 Å². The molecule has 0 unspecified atom stereocenters. The zero-order chi connectivity index (χ0) is 26.6. The van der Waals surface area contributed by atoms with E-state index in [1.165, 1.54) is 11.8 Å². The Labute approximate surface area is 234 Å². The van der Waals surface area contributed by atoms with Gasteiger partial charge >= 0.3 is 0 Å². The van der Waals surface area contributed by atoms with Gasteiger partial charge in [0.05, 0.1) is 19.4 Å². The number of nitrogens with zero attached hydrogens (tertiary/aromatic N) is 7. The summed E-state index contributed by atoms with van der Waals surface area (Å²) in [5.41, 5.74) is 2.73. The van der Waals surface area contributed by atoms with Gasteiger partial charge in [0.2, 0.25) is 5.95 Å². The van der Waals surface area contributed by atoms with Gasteiger partial charge in [-0.05, 0) is 24.1 Å². The molecule has 1 amide bonds. The molecule has 3 aromatic heterocycles. The number of aromatic nitrogens is 4. The Morgan fingerprint density at radius 3 is 2.46 bits per heavy atom. The van der Waals surface area contributed by atoms with E-state index < -0.39 is 11.2 Å². The maximum absolute atomic E-state index is 12.7. The zero-order valence-corrected chi connectivity index (χ0v) is 23.1. The Balaban J connectivity index is 1.27. The van der Waals surface area contributed by atoms with Crippen molar-refractivity contribution in [3.05, 3.63) is 66.4 Å². The van der Waals surface area contributed by atoms with E-state index >= 15 is 0 Å². The van der Waals surface area contributed by atoms with Crippen LogP contribution in [-0.2, 0) is 17.6 Å². The Kier molecular flexibility index (Phi) is 7.84. The number of furan rings is 1. The lowest BCUT2D eigenvalue weighted by Gasteiger charge is -2.35. The number of hydrogen-bond donors (Lipinski definition) is 0. The third-order valence-electron chi connectivity index (χ3n) is 6.95. The predicted octanol–water partition coefficient (Wildman–Crippen LogP) is 2.88. The smallest absolute Gasteiger partial charge is 0.289 e. The van der Waals surface area contributed by atoms with E-state index in [-0.39, 0.29) is 5.91 Å². The molecule has 0 saturated carbocycles. The maximum atomic E-state index is 12.7. The molecule has 10 nitrogen and oxygen atoms in total. The molecule has 12 heteroatoms. The van der Waals surface area contributed by atoms with E-state index in [1.54, 1.807) is 35.1 Å². The molecule has 0 N–H and O–H groups in total. The number of hydrogen-bond acceptors (Lipinski definition) is 10. The van der Waals surface area contributed by atoms with Crippen molar-refractivity contribution >= 4 is 51.6 Å². The van der Waals surface area contributed by atoms with Gasteiger partial charge < -0.3 is 23.7 Å². The number of aryl methyl sites for hydroxylation is 1. The lowest BCUT2D eigenvalue weighted by atomic mass is 10.2. The summed E-state index contributed by atoms with van der Waals surface area (Å²) < 4.78 is 17.4.